The minimum absolute atomic E-state index is 0.152. The number of hydrogen-bond acceptors (Lipinski definition) is 5. The van der Waals surface area contributed by atoms with Crippen molar-refractivity contribution in [1.82, 2.24) is 4.90 Å². The maximum atomic E-state index is 12.2. The van der Waals surface area contributed by atoms with Gasteiger partial charge in [0.2, 0.25) is 0 Å². The lowest BCUT2D eigenvalue weighted by molar-refractivity contribution is -0.148. The van der Waals surface area contributed by atoms with Gasteiger partial charge >= 0.3 is 21.6 Å². The molecule has 0 bridgehead atoms. The van der Waals surface area contributed by atoms with Crippen LogP contribution in [0.4, 0.5) is 13.2 Å². The summed E-state index contributed by atoms with van der Waals surface area (Å²) >= 11 is 0. The Labute approximate surface area is 117 Å². The van der Waals surface area contributed by atoms with Crippen LogP contribution in [0.2, 0.25) is 0 Å². The minimum Gasteiger partial charge on any atom is -0.480 e. The number of alkyl halides is 3. The van der Waals surface area contributed by atoms with Crippen molar-refractivity contribution in [1.29, 1.82) is 0 Å². The van der Waals surface area contributed by atoms with Crippen molar-refractivity contribution in [3.05, 3.63) is 11.8 Å². The summed E-state index contributed by atoms with van der Waals surface area (Å²) in [5.74, 6) is -2.72. The minimum atomic E-state index is -5.83. The third kappa shape index (κ3) is 2.82. The molecule has 2 rings (SSSR count). The molecule has 2 heterocycles. The summed E-state index contributed by atoms with van der Waals surface area (Å²) in [7, 11) is -5.83. The van der Waals surface area contributed by atoms with Gasteiger partial charge in [-0.3, -0.25) is 4.79 Å². The fourth-order valence-corrected chi connectivity index (χ4v) is 2.90. The monoisotopic (exact) mass is 329 g/mol. The van der Waals surface area contributed by atoms with Crippen LogP contribution in [0.15, 0.2) is 11.8 Å². The first-order valence-corrected chi connectivity index (χ1v) is 7.20. The smallest absolute Gasteiger partial charge is 0.480 e. The van der Waals surface area contributed by atoms with Crippen molar-refractivity contribution < 1.29 is 40.5 Å². The number of fused-ring (bicyclic) bond motifs is 1. The van der Waals surface area contributed by atoms with Crippen LogP contribution in [-0.4, -0.2) is 47.9 Å². The molecule has 0 aromatic heterocycles. The molecule has 0 radical (unpaired) electrons. The lowest BCUT2D eigenvalue weighted by atomic mass is 10.1. The number of hydrogen-bond donors (Lipinski definition) is 1. The predicted molar refractivity (Wildman–Crippen MR) is 60.1 cm³/mol. The van der Waals surface area contributed by atoms with E-state index in [1.807, 2.05) is 0 Å². The SMILES string of the molecule is O=C(O)C1CCC2CC(OS(=O)(=O)C(F)(F)F)=CC(=O)N21. The molecule has 21 heavy (non-hydrogen) atoms. The number of carbonyl (C=O) groups is 2. The Morgan fingerprint density at radius 1 is 1.38 bits per heavy atom. The number of carboxylic acid groups (broad SMARTS) is 1. The fraction of sp³-hybridized carbons (Fsp3) is 0.600. The highest BCUT2D eigenvalue weighted by atomic mass is 32.2. The Balaban J connectivity index is 2.21. The van der Waals surface area contributed by atoms with Gasteiger partial charge in [-0.15, -0.1) is 0 Å². The second-order valence-corrected chi connectivity index (χ2v) is 6.17. The molecule has 2 unspecified atom stereocenters. The van der Waals surface area contributed by atoms with Crippen LogP contribution in [0.5, 0.6) is 0 Å². The number of carbonyl (C=O) groups excluding carboxylic acids is 1. The van der Waals surface area contributed by atoms with E-state index in [9.17, 15) is 31.2 Å². The van der Waals surface area contributed by atoms with E-state index in [1.54, 1.807) is 0 Å². The summed E-state index contributed by atoms with van der Waals surface area (Å²) in [6.07, 6.45) is 0.709. The van der Waals surface area contributed by atoms with Crippen molar-refractivity contribution in [2.75, 3.05) is 0 Å². The molecule has 2 atom stereocenters. The highest BCUT2D eigenvalue weighted by Gasteiger charge is 2.50. The molecule has 2 aliphatic rings. The van der Waals surface area contributed by atoms with E-state index < -0.39 is 45.3 Å². The molecule has 1 N–H and O–H groups in total. The number of amides is 1. The van der Waals surface area contributed by atoms with Crippen LogP contribution in [0.25, 0.3) is 0 Å². The second-order valence-electron chi connectivity index (χ2n) is 4.63. The van der Waals surface area contributed by atoms with Crippen LogP contribution in [-0.2, 0) is 23.9 Å². The average Bonchev–Trinajstić information content (AvgIpc) is 2.70. The predicted octanol–water partition coefficient (Wildman–Crippen LogP) is 0.584. The maximum Gasteiger partial charge on any atom is 0.534 e. The molecule has 0 aromatic carbocycles. The van der Waals surface area contributed by atoms with Gasteiger partial charge in [-0.1, -0.05) is 0 Å². The zero-order valence-electron chi connectivity index (χ0n) is 10.3. The molecule has 11 heteroatoms. The Bertz CT molecular complexity index is 611. The first kappa shape index (κ1) is 15.6. The highest BCUT2D eigenvalue weighted by molar-refractivity contribution is 7.87. The summed E-state index contributed by atoms with van der Waals surface area (Å²) in [5, 5.41) is 8.94. The van der Waals surface area contributed by atoms with Gasteiger partial charge in [0.25, 0.3) is 5.91 Å². The van der Waals surface area contributed by atoms with E-state index in [0.29, 0.717) is 6.08 Å². The molecule has 0 aromatic rings. The number of halogens is 3. The quantitative estimate of drug-likeness (QED) is 0.600. The van der Waals surface area contributed by atoms with Crippen LogP contribution in [0, 0.1) is 0 Å². The molecular formula is C10H10F3NO6S. The summed E-state index contributed by atoms with van der Waals surface area (Å²) in [6, 6.07) is -1.73. The molecule has 1 saturated heterocycles. The van der Waals surface area contributed by atoms with Gasteiger partial charge in [0, 0.05) is 18.5 Å². The highest BCUT2D eigenvalue weighted by Crippen LogP contribution is 2.35. The van der Waals surface area contributed by atoms with E-state index in [1.165, 1.54) is 0 Å². The maximum absolute atomic E-state index is 12.2. The number of rotatable bonds is 3. The summed E-state index contributed by atoms with van der Waals surface area (Å²) < 4.78 is 62.3. The van der Waals surface area contributed by atoms with Gasteiger partial charge in [-0.05, 0) is 12.8 Å². The molecule has 1 fully saturated rings. The van der Waals surface area contributed by atoms with Crippen LogP contribution in [0.1, 0.15) is 19.3 Å². The second kappa shape index (κ2) is 4.90. The fourth-order valence-electron chi connectivity index (χ4n) is 2.41. The molecule has 7 nitrogen and oxygen atoms in total. The lowest BCUT2D eigenvalue weighted by Gasteiger charge is -2.31. The Hall–Kier alpha value is -1.78. The third-order valence-electron chi connectivity index (χ3n) is 3.26. The van der Waals surface area contributed by atoms with Crippen molar-refractivity contribution in [2.45, 2.75) is 36.9 Å². The Morgan fingerprint density at radius 2 is 2.00 bits per heavy atom. The van der Waals surface area contributed by atoms with Gasteiger partial charge in [-0.25, -0.2) is 4.79 Å². The number of carboxylic acids is 1. The van der Waals surface area contributed by atoms with Crippen LogP contribution in [0.3, 0.4) is 0 Å². The van der Waals surface area contributed by atoms with E-state index in [0.717, 1.165) is 4.90 Å². The standard InChI is InChI=1S/C10H10F3NO6S/c11-10(12,13)21(18,19)20-6-3-5-1-2-7(9(16)17)14(5)8(15)4-6/h4-5,7H,1-3H2,(H,16,17). The topological polar surface area (TPSA) is 101 Å². The Morgan fingerprint density at radius 3 is 2.52 bits per heavy atom. The molecule has 0 saturated carbocycles. The summed E-state index contributed by atoms with van der Waals surface area (Å²) in [4.78, 5) is 23.7. The van der Waals surface area contributed by atoms with Gasteiger partial charge < -0.3 is 14.2 Å². The first-order valence-electron chi connectivity index (χ1n) is 5.79. The van der Waals surface area contributed by atoms with Crippen LogP contribution < -0.4 is 0 Å². The first-order chi connectivity index (χ1) is 9.53. The number of aliphatic carboxylic acids is 1. The third-order valence-corrected chi connectivity index (χ3v) is 4.26. The average molecular weight is 329 g/mol. The lowest BCUT2D eigenvalue weighted by Crippen LogP contribution is -2.46. The van der Waals surface area contributed by atoms with Crippen molar-refractivity contribution >= 4 is 22.0 Å². The van der Waals surface area contributed by atoms with Gasteiger partial charge in [0.15, 0.2) is 0 Å². The molecule has 118 valence electrons. The zero-order valence-corrected chi connectivity index (χ0v) is 11.1. The van der Waals surface area contributed by atoms with E-state index >= 15 is 0 Å². The molecule has 0 aliphatic carbocycles. The van der Waals surface area contributed by atoms with Gasteiger partial charge in [0.1, 0.15) is 11.8 Å². The normalized spacial score (nSPS) is 26.3. The summed E-state index contributed by atoms with van der Waals surface area (Å²) in [6.45, 7) is 0. The Kier molecular flexibility index (Phi) is 3.64. The van der Waals surface area contributed by atoms with Crippen molar-refractivity contribution in [3.8, 4) is 0 Å². The van der Waals surface area contributed by atoms with E-state index in [2.05, 4.69) is 4.18 Å². The van der Waals surface area contributed by atoms with Gasteiger partial charge in [0.05, 0.1) is 0 Å². The van der Waals surface area contributed by atoms with E-state index in [-0.39, 0.29) is 19.3 Å². The van der Waals surface area contributed by atoms with Crippen LogP contribution >= 0.6 is 0 Å². The molecular weight excluding hydrogens is 319 g/mol. The number of nitrogens with zero attached hydrogens (tertiary/aromatic N) is 1. The van der Waals surface area contributed by atoms with Crippen molar-refractivity contribution in [2.24, 2.45) is 0 Å². The van der Waals surface area contributed by atoms with Crippen molar-refractivity contribution in [3.63, 3.8) is 0 Å². The molecule has 1 amide bonds. The zero-order chi connectivity index (χ0) is 16.0. The molecule has 2 aliphatic heterocycles. The molecule has 0 spiro atoms. The largest absolute Gasteiger partial charge is 0.534 e. The van der Waals surface area contributed by atoms with E-state index in [4.69, 9.17) is 5.11 Å². The summed E-state index contributed by atoms with van der Waals surface area (Å²) in [5.41, 5.74) is -5.59. The van der Waals surface area contributed by atoms with Gasteiger partial charge in [-0.2, -0.15) is 21.6 Å².